The molecule has 76 valence electrons. The molecule has 0 saturated heterocycles. The monoisotopic (exact) mass is 198 g/mol. The molecule has 6 nitrogen and oxygen atoms in total. The summed E-state index contributed by atoms with van der Waals surface area (Å²) < 4.78 is 0. The minimum Gasteiger partial charge on any atom is -0.480 e. The van der Waals surface area contributed by atoms with E-state index in [1.807, 2.05) is 30.3 Å². The van der Waals surface area contributed by atoms with Crippen LogP contribution in [0.5, 0.6) is 0 Å². The number of aliphatic carboxylic acids is 1. The number of nitrogens with one attached hydrogen (secondary N) is 1. The van der Waals surface area contributed by atoms with Crippen molar-refractivity contribution in [3.05, 3.63) is 35.2 Å². The molecular weight excluding hydrogens is 188 g/mol. The van der Waals surface area contributed by atoms with E-state index in [0.29, 0.717) is 0 Å². The minimum absolute atomic E-state index is 0.0377. The van der Waals surface area contributed by atoms with Gasteiger partial charge in [-0.15, -0.1) is 4.91 Å². The number of benzene rings is 1. The lowest BCUT2D eigenvalue weighted by atomic mass is 10.3. The Balaban J connectivity index is 0.000000500. The number of hydrogen-bond acceptors (Lipinski definition) is 4. The molecule has 0 aliphatic carbocycles. The van der Waals surface area contributed by atoms with Crippen molar-refractivity contribution in [2.24, 2.45) is 5.34 Å². The zero-order valence-electron chi connectivity index (χ0n) is 7.25. The second-order valence-electron chi connectivity index (χ2n) is 2.19. The Morgan fingerprint density at radius 2 is 1.86 bits per heavy atom. The molecule has 1 aromatic carbocycles. The predicted molar refractivity (Wildman–Crippen MR) is 50.1 cm³/mol. The summed E-state index contributed by atoms with van der Waals surface area (Å²) in [7, 11) is 0. The average molecular weight is 198 g/mol. The number of para-hydroxylation sites is 1. The summed E-state index contributed by atoms with van der Waals surface area (Å²) in [6.45, 7) is -0.0377. The number of nitrogens with zero attached hydrogens (tertiary/aromatic N) is 1. The van der Waals surface area contributed by atoms with Gasteiger partial charge < -0.3 is 15.6 Å². The maximum Gasteiger partial charge on any atom is 0.322 e. The normalized spacial score (nSPS) is 8.00. The number of carbonyl (C=O) groups is 1. The van der Waals surface area contributed by atoms with E-state index >= 15 is 0 Å². The Morgan fingerprint density at radius 1 is 1.36 bits per heavy atom. The van der Waals surface area contributed by atoms with Gasteiger partial charge in [-0.2, -0.15) is 0 Å². The lowest BCUT2D eigenvalue weighted by Gasteiger charge is -2.00. The molecule has 0 heterocycles. The molecule has 0 radical (unpaired) electrons. The maximum atomic E-state index is 10.1. The van der Waals surface area contributed by atoms with Crippen molar-refractivity contribution in [1.29, 1.82) is 0 Å². The molecule has 0 unspecified atom stereocenters. The molecule has 0 fully saturated rings. The molecule has 0 aliphatic rings. The van der Waals surface area contributed by atoms with Gasteiger partial charge in [-0.25, -0.2) is 0 Å². The van der Waals surface area contributed by atoms with Gasteiger partial charge in [0.2, 0.25) is 0 Å². The number of hydrogen-bond donors (Lipinski definition) is 3. The maximum absolute atomic E-state index is 10.1. The second kappa shape index (κ2) is 7.53. The summed E-state index contributed by atoms with van der Waals surface area (Å²) >= 11 is 0. The first-order chi connectivity index (χ1) is 6.70. The van der Waals surface area contributed by atoms with Gasteiger partial charge in [0, 0.05) is 5.69 Å². The molecule has 14 heavy (non-hydrogen) atoms. The van der Waals surface area contributed by atoms with Crippen LogP contribution in [0.15, 0.2) is 35.7 Å². The first-order valence-electron chi connectivity index (χ1n) is 3.68. The molecule has 0 bridgehead atoms. The standard InChI is InChI=1S/C8H9NO2.HNO2/c10-8(11)6-9-7-4-2-1-3-5-7;2-1-3/h1-5,9H,6H2,(H,10,11);(H,2,3). The van der Waals surface area contributed by atoms with Crippen LogP contribution in [-0.2, 0) is 4.79 Å². The average Bonchev–Trinajstić information content (AvgIpc) is 2.18. The third-order valence-corrected chi connectivity index (χ3v) is 1.22. The van der Waals surface area contributed by atoms with E-state index in [1.54, 1.807) is 0 Å². The highest BCUT2D eigenvalue weighted by atomic mass is 16.6. The lowest BCUT2D eigenvalue weighted by Crippen LogP contribution is -2.11. The van der Waals surface area contributed by atoms with Crippen LogP contribution in [-0.4, -0.2) is 22.8 Å². The zero-order valence-corrected chi connectivity index (χ0v) is 7.25. The molecule has 0 spiro atoms. The molecule has 1 aromatic rings. The Labute approximate surface area is 80.1 Å². The highest BCUT2D eigenvalue weighted by molar-refractivity contribution is 5.72. The Morgan fingerprint density at radius 3 is 2.29 bits per heavy atom. The van der Waals surface area contributed by atoms with Crippen molar-refractivity contribution in [1.82, 2.24) is 0 Å². The van der Waals surface area contributed by atoms with Crippen molar-refractivity contribution in [3.8, 4) is 0 Å². The second-order valence-corrected chi connectivity index (χ2v) is 2.19. The van der Waals surface area contributed by atoms with Crippen LogP contribution < -0.4 is 5.32 Å². The Kier molecular flexibility index (Phi) is 6.40. The largest absolute Gasteiger partial charge is 0.480 e. The van der Waals surface area contributed by atoms with Crippen LogP contribution in [0.4, 0.5) is 5.69 Å². The molecule has 0 aliphatic heterocycles. The van der Waals surface area contributed by atoms with E-state index in [4.69, 9.17) is 15.2 Å². The van der Waals surface area contributed by atoms with E-state index in [-0.39, 0.29) is 6.54 Å². The Bertz CT molecular complexity index is 276. The van der Waals surface area contributed by atoms with Gasteiger partial charge in [-0.05, 0) is 12.1 Å². The fourth-order valence-electron chi connectivity index (χ4n) is 0.734. The van der Waals surface area contributed by atoms with Gasteiger partial charge >= 0.3 is 5.97 Å². The van der Waals surface area contributed by atoms with Gasteiger partial charge in [-0.3, -0.25) is 4.79 Å². The van der Waals surface area contributed by atoms with Crippen molar-refractivity contribution >= 4 is 11.7 Å². The van der Waals surface area contributed by atoms with Gasteiger partial charge in [-0.1, -0.05) is 18.2 Å². The summed E-state index contributed by atoms with van der Waals surface area (Å²) in [5.74, 6) is -0.853. The van der Waals surface area contributed by atoms with Crippen LogP contribution in [0.2, 0.25) is 0 Å². The first-order valence-corrected chi connectivity index (χ1v) is 3.68. The van der Waals surface area contributed by atoms with Crippen LogP contribution in [0.3, 0.4) is 0 Å². The minimum atomic E-state index is -0.853. The van der Waals surface area contributed by atoms with E-state index in [2.05, 4.69) is 5.32 Å². The third kappa shape index (κ3) is 6.59. The molecule has 0 atom stereocenters. The molecule has 0 saturated carbocycles. The highest BCUT2D eigenvalue weighted by Gasteiger charge is 1.93. The quantitative estimate of drug-likeness (QED) is 0.502. The third-order valence-electron chi connectivity index (χ3n) is 1.22. The van der Waals surface area contributed by atoms with E-state index in [1.165, 1.54) is 5.34 Å². The van der Waals surface area contributed by atoms with Crippen LogP contribution in [0.25, 0.3) is 0 Å². The number of anilines is 1. The topological polar surface area (TPSA) is 99.0 Å². The van der Waals surface area contributed by atoms with Crippen molar-refractivity contribution in [3.63, 3.8) is 0 Å². The summed E-state index contributed by atoms with van der Waals surface area (Å²) in [6.07, 6.45) is 0. The molecule has 3 N–H and O–H groups in total. The molecule has 0 aromatic heterocycles. The van der Waals surface area contributed by atoms with Crippen molar-refractivity contribution in [2.45, 2.75) is 0 Å². The van der Waals surface area contributed by atoms with Crippen LogP contribution in [0.1, 0.15) is 0 Å². The van der Waals surface area contributed by atoms with Gasteiger partial charge in [0.05, 0.1) is 0 Å². The molecule has 1 rings (SSSR count). The lowest BCUT2D eigenvalue weighted by molar-refractivity contribution is -0.134. The summed E-state index contributed by atoms with van der Waals surface area (Å²) in [5.41, 5.74) is 0.829. The number of carboxylic acids is 1. The van der Waals surface area contributed by atoms with Crippen molar-refractivity contribution < 1.29 is 15.1 Å². The van der Waals surface area contributed by atoms with Gasteiger partial charge in [0.25, 0.3) is 0 Å². The number of carboxylic acid groups (broad SMARTS) is 1. The van der Waals surface area contributed by atoms with Crippen molar-refractivity contribution in [2.75, 3.05) is 11.9 Å². The zero-order chi connectivity index (χ0) is 10.8. The summed E-state index contributed by atoms with van der Waals surface area (Å²) in [4.78, 5) is 18.2. The molecule has 6 heteroatoms. The predicted octanol–water partition coefficient (Wildman–Crippen LogP) is 1.33. The van der Waals surface area contributed by atoms with E-state index in [0.717, 1.165) is 5.69 Å². The van der Waals surface area contributed by atoms with E-state index < -0.39 is 5.97 Å². The van der Waals surface area contributed by atoms with Crippen LogP contribution >= 0.6 is 0 Å². The summed E-state index contributed by atoms with van der Waals surface area (Å²) in [6, 6.07) is 9.23. The van der Waals surface area contributed by atoms with Crippen LogP contribution in [0, 0.1) is 4.91 Å². The smallest absolute Gasteiger partial charge is 0.322 e. The number of rotatable bonds is 3. The van der Waals surface area contributed by atoms with Gasteiger partial charge in [0.1, 0.15) is 6.54 Å². The summed E-state index contributed by atoms with van der Waals surface area (Å²) in [5, 5.41) is 18.9. The van der Waals surface area contributed by atoms with Gasteiger partial charge in [0.15, 0.2) is 5.34 Å². The first kappa shape index (κ1) is 11.9. The van der Waals surface area contributed by atoms with E-state index in [9.17, 15) is 4.79 Å². The molecule has 0 amide bonds. The fraction of sp³-hybridized carbons (Fsp3) is 0.125. The fourth-order valence-corrected chi connectivity index (χ4v) is 0.734. The SMILES string of the molecule is O=C(O)CNc1ccccc1.O=NO. The Hall–Kier alpha value is -2.11. The molecular formula is C8H10N2O4. The highest BCUT2D eigenvalue weighted by Crippen LogP contribution is 2.03.